The van der Waals surface area contributed by atoms with E-state index in [0.717, 1.165) is 6.07 Å². The minimum absolute atomic E-state index is 0.0205. The number of halogens is 4. The zero-order valence-corrected chi connectivity index (χ0v) is 20.1. The molecule has 0 saturated carbocycles. The summed E-state index contributed by atoms with van der Waals surface area (Å²) in [4.78, 5) is 18.8. The number of aromatic hydroxyl groups is 1. The Morgan fingerprint density at radius 1 is 1.16 bits per heavy atom. The number of anilines is 1. The molecule has 1 aromatic carbocycles. The van der Waals surface area contributed by atoms with Crippen molar-refractivity contribution in [2.75, 3.05) is 25.4 Å². The van der Waals surface area contributed by atoms with Crippen molar-refractivity contribution in [3.8, 4) is 5.75 Å². The molecule has 5 rings (SSSR count). The lowest BCUT2D eigenvalue weighted by atomic mass is 9.83. The summed E-state index contributed by atoms with van der Waals surface area (Å²) in [6.45, 7) is 0.759. The number of benzene rings is 1. The molecule has 3 aromatic rings. The van der Waals surface area contributed by atoms with Gasteiger partial charge in [-0.1, -0.05) is 0 Å². The van der Waals surface area contributed by atoms with E-state index in [1.54, 1.807) is 10.6 Å². The molecule has 0 aliphatic carbocycles. The molecule has 3 atom stereocenters. The quantitative estimate of drug-likeness (QED) is 0.348. The number of likely N-dealkylation sites (tertiary alicyclic amines) is 1. The molecule has 2 aliphatic rings. The predicted molar refractivity (Wildman–Crippen MR) is 131 cm³/mol. The largest absolute Gasteiger partial charge is 0.505 e. The number of nitrogen functional groups attached to an aromatic ring is 1. The molecule has 38 heavy (non-hydrogen) atoms. The number of hydrogen-bond acceptors (Lipinski definition) is 9. The number of piperidine rings is 1. The van der Waals surface area contributed by atoms with Crippen LogP contribution in [0.3, 0.4) is 0 Å². The van der Waals surface area contributed by atoms with Gasteiger partial charge in [-0.15, -0.1) is 0 Å². The summed E-state index contributed by atoms with van der Waals surface area (Å²) in [5.41, 5.74) is 12.1. The van der Waals surface area contributed by atoms with Crippen molar-refractivity contribution in [2.24, 2.45) is 10.7 Å². The molecule has 4 heterocycles. The highest BCUT2D eigenvalue weighted by Gasteiger charge is 2.44. The van der Waals surface area contributed by atoms with E-state index >= 15 is 0 Å². The molecule has 2 aromatic heterocycles. The van der Waals surface area contributed by atoms with Crippen LogP contribution in [0.5, 0.6) is 5.75 Å². The summed E-state index contributed by atoms with van der Waals surface area (Å²) >= 11 is 0. The molecule has 0 amide bonds. The van der Waals surface area contributed by atoms with E-state index in [1.165, 1.54) is 12.7 Å². The van der Waals surface area contributed by atoms with E-state index in [4.69, 9.17) is 11.5 Å². The molecule has 0 radical (unpaired) electrons. The second kappa shape index (κ2) is 9.93. The van der Waals surface area contributed by atoms with Gasteiger partial charge in [0.2, 0.25) is 0 Å². The lowest BCUT2D eigenvalue weighted by Crippen LogP contribution is -2.65. The van der Waals surface area contributed by atoms with Gasteiger partial charge in [-0.05, 0) is 37.1 Å². The van der Waals surface area contributed by atoms with Crippen LogP contribution in [0.2, 0.25) is 0 Å². The third kappa shape index (κ3) is 4.70. The number of rotatable bonds is 6. The van der Waals surface area contributed by atoms with Crippen molar-refractivity contribution in [1.29, 1.82) is 0 Å². The van der Waals surface area contributed by atoms with Crippen LogP contribution in [0, 0.1) is 11.6 Å². The highest BCUT2D eigenvalue weighted by atomic mass is 19.3. The van der Waals surface area contributed by atoms with Crippen LogP contribution < -0.4 is 11.5 Å². The van der Waals surface area contributed by atoms with Crippen molar-refractivity contribution in [1.82, 2.24) is 24.4 Å². The molecular formula is C24H26F4N8O2. The van der Waals surface area contributed by atoms with Gasteiger partial charge in [0.15, 0.2) is 23.0 Å². The number of phenolic OH excluding ortho intramolecular Hbond substituents is 1. The third-order valence-electron chi connectivity index (χ3n) is 7.13. The Morgan fingerprint density at radius 2 is 1.95 bits per heavy atom. The van der Waals surface area contributed by atoms with Gasteiger partial charge in [0.1, 0.15) is 23.8 Å². The van der Waals surface area contributed by atoms with E-state index in [1.807, 2.05) is 4.90 Å². The van der Waals surface area contributed by atoms with Crippen LogP contribution >= 0.6 is 0 Å². The highest BCUT2D eigenvalue weighted by Crippen LogP contribution is 2.31. The monoisotopic (exact) mass is 534 g/mol. The summed E-state index contributed by atoms with van der Waals surface area (Å²) in [6, 6.07) is 1.09. The van der Waals surface area contributed by atoms with Gasteiger partial charge < -0.3 is 26.2 Å². The molecule has 1 unspecified atom stereocenters. The van der Waals surface area contributed by atoms with E-state index in [0.29, 0.717) is 35.8 Å². The number of allylic oxidation sites excluding steroid dienone is 1. The number of alkyl halides is 2. The van der Waals surface area contributed by atoms with Gasteiger partial charge in [-0.2, -0.15) is 0 Å². The molecule has 2 aliphatic heterocycles. The number of nitrogens with two attached hydrogens (primary N) is 2. The summed E-state index contributed by atoms with van der Waals surface area (Å²) in [5.74, 6) is -2.49. The lowest BCUT2D eigenvalue weighted by Gasteiger charge is -2.46. The first-order chi connectivity index (χ1) is 18.1. The maximum Gasteiger partial charge on any atom is 0.265 e. The van der Waals surface area contributed by atoms with Crippen LogP contribution in [0.25, 0.3) is 11.2 Å². The summed E-state index contributed by atoms with van der Waals surface area (Å²) in [6.07, 6.45) is 0.0850. The zero-order chi connectivity index (χ0) is 27.2. The second-order valence-electron chi connectivity index (χ2n) is 9.63. The highest BCUT2D eigenvalue weighted by molar-refractivity contribution is 6.10. The van der Waals surface area contributed by atoms with Gasteiger partial charge in [0.25, 0.3) is 6.43 Å². The van der Waals surface area contributed by atoms with E-state index in [9.17, 15) is 27.8 Å². The Kier molecular flexibility index (Phi) is 6.79. The van der Waals surface area contributed by atoms with Crippen LogP contribution in [-0.4, -0.2) is 84.1 Å². The first-order valence-corrected chi connectivity index (χ1v) is 11.9. The van der Waals surface area contributed by atoms with Gasteiger partial charge in [0, 0.05) is 24.7 Å². The molecular weight excluding hydrogens is 508 g/mol. The van der Waals surface area contributed by atoms with Crippen molar-refractivity contribution >= 4 is 22.7 Å². The van der Waals surface area contributed by atoms with Crippen molar-refractivity contribution in [2.45, 2.75) is 43.5 Å². The van der Waals surface area contributed by atoms with E-state index in [2.05, 4.69) is 19.9 Å². The number of aromatic nitrogens is 4. The summed E-state index contributed by atoms with van der Waals surface area (Å²) < 4.78 is 57.2. The maximum absolute atomic E-state index is 14.7. The summed E-state index contributed by atoms with van der Waals surface area (Å²) in [5, 5.41) is 19.7. The van der Waals surface area contributed by atoms with Gasteiger partial charge in [-0.25, -0.2) is 32.5 Å². The molecule has 0 spiro atoms. The zero-order valence-electron chi connectivity index (χ0n) is 20.1. The molecule has 10 nitrogen and oxygen atoms in total. The van der Waals surface area contributed by atoms with Crippen molar-refractivity contribution in [3.63, 3.8) is 0 Å². The number of nitrogens with zero attached hydrogens (tertiary/aromatic N) is 6. The fourth-order valence-electron chi connectivity index (χ4n) is 5.13. The fraction of sp³-hybridized carbons (Fsp3) is 0.417. The van der Waals surface area contributed by atoms with E-state index < -0.39 is 41.5 Å². The Balaban J connectivity index is 1.53. The number of aliphatic hydroxyl groups excluding tert-OH is 1. The van der Waals surface area contributed by atoms with Crippen molar-refractivity contribution in [3.05, 3.63) is 53.6 Å². The molecule has 1 fully saturated rings. The smallest absolute Gasteiger partial charge is 0.265 e. The molecule has 6 N–H and O–H groups in total. The average Bonchev–Trinajstić information content (AvgIpc) is 3.29. The SMILES string of the molecule is Nc1ncnc2c1ncn2CC1=CC(c2cc(F)c(O)cc2F)=NCC1N1CCC[C@](N)([C@H](O)C(F)F)C1. The Hall–Kier alpha value is -3.62. The van der Waals surface area contributed by atoms with Crippen LogP contribution in [0.4, 0.5) is 23.4 Å². The van der Waals surface area contributed by atoms with Crippen LogP contribution in [0.15, 0.2) is 41.4 Å². The number of hydrogen-bond donors (Lipinski definition) is 4. The minimum Gasteiger partial charge on any atom is -0.505 e. The molecule has 0 bridgehead atoms. The molecule has 1 saturated heterocycles. The average molecular weight is 535 g/mol. The minimum atomic E-state index is -3.00. The number of phenols is 1. The number of aliphatic imine (C=N–C) groups is 1. The Morgan fingerprint density at radius 3 is 2.71 bits per heavy atom. The standard InChI is InChI=1S/C24H26F4N8O2/c25-14-6-18(37)15(26)5-13(14)16-4-12(8-36-11-34-19-22(29)32-10-33-23(19)36)17(7-31-16)35-3-1-2-24(30,9-35)20(38)21(27)28/h4-6,10-11,17,20-21,37-38H,1-3,7-9,30H2,(H2,29,32,33)/t17?,20-,24-/m1/s1. The Bertz CT molecular complexity index is 1430. The van der Waals surface area contributed by atoms with E-state index in [-0.39, 0.29) is 43.1 Å². The normalized spacial score (nSPS) is 23.5. The first-order valence-electron chi connectivity index (χ1n) is 11.9. The fourth-order valence-corrected chi connectivity index (χ4v) is 5.13. The van der Waals surface area contributed by atoms with Gasteiger partial charge >= 0.3 is 0 Å². The molecule has 202 valence electrons. The number of aliphatic hydroxyl groups is 1. The van der Waals surface area contributed by atoms with Crippen LogP contribution in [0.1, 0.15) is 18.4 Å². The summed E-state index contributed by atoms with van der Waals surface area (Å²) in [7, 11) is 0. The topological polar surface area (TPSA) is 152 Å². The molecule has 14 heteroatoms. The lowest BCUT2D eigenvalue weighted by molar-refractivity contribution is -0.0720. The Labute approximate surface area is 214 Å². The van der Waals surface area contributed by atoms with Crippen LogP contribution in [-0.2, 0) is 6.54 Å². The third-order valence-corrected chi connectivity index (χ3v) is 7.13. The number of fused-ring (bicyclic) bond motifs is 1. The predicted octanol–water partition coefficient (Wildman–Crippen LogP) is 1.61. The number of dihydropyridines is 1. The van der Waals surface area contributed by atoms with Crippen molar-refractivity contribution < 1.29 is 27.8 Å². The number of imidazole rings is 1. The first kappa shape index (κ1) is 26.0. The van der Waals surface area contributed by atoms with Gasteiger partial charge in [-0.3, -0.25) is 9.89 Å². The second-order valence-corrected chi connectivity index (χ2v) is 9.63. The maximum atomic E-state index is 14.7. The van der Waals surface area contributed by atoms with Gasteiger partial charge in [0.05, 0.1) is 30.2 Å².